The molecule has 28 heavy (non-hydrogen) atoms. The van der Waals surface area contributed by atoms with E-state index in [0.717, 1.165) is 0 Å². The van der Waals surface area contributed by atoms with E-state index in [0.29, 0.717) is 35.1 Å². The molecule has 144 valence electrons. The number of aryl methyl sites for hydroxylation is 1. The lowest BCUT2D eigenvalue weighted by Gasteiger charge is -2.19. The Labute approximate surface area is 161 Å². The molecule has 1 amide bonds. The summed E-state index contributed by atoms with van der Waals surface area (Å²) in [6, 6.07) is 12.2. The second-order valence-corrected chi connectivity index (χ2v) is 6.78. The minimum absolute atomic E-state index is 0.173. The largest absolute Gasteiger partial charge is 0.481 e. The van der Waals surface area contributed by atoms with E-state index in [9.17, 15) is 14.7 Å². The summed E-state index contributed by atoms with van der Waals surface area (Å²) in [4.78, 5) is 31.8. The number of anilines is 1. The number of carboxylic acid groups (broad SMARTS) is 1. The number of nitrogens with one attached hydrogen (secondary N) is 1. The number of hydrogen-bond donors (Lipinski definition) is 2. The maximum absolute atomic E-state index is 12.1. The summed E-state index contributed by atoms with van der Waals surface area (Å²) in [5.74, 6) is -0.376. The number of aromatic nitrogens is 3. The maximum atomic E-state index is 12.1. The van der Waals surface area contributed by atoms with E-state index in [1.54, 1.807) is 56.4 Å². The van der Waals surface area contributed by atoms with Crippen molar-refractivity contribution in [3.8, 4) is 11.5 Å². The molecule has 0 fully saturated rings. The zero-order valence-electron chi connectivity index (χ0n) is 15.5. The molecule has 0 atom stereocenters. The quantitative estimate of drug-likeness (QED) is 0.646. The van der Waals surface area contributed by atoms with Crippen LogP contribution in [0.3, 0.4) is 0 Å². The van der Waals surface area contributed by atoms with E-state index in [1.165, 1.54) is 0 Å². The van der Waals surface area contributed by atoms with E-state index in [-0.39, 0.29) is 12.3 Å². The van der Waals surface area contributed by atoms with Crippen LogP contribution in [0.1, 0.15) is 31.7 Å². The van der Waals surface area contributed by atoms with Crippen molar-refractivity contribution in [2.75, 3.05) is 5.32 Å². The molecule has 3 rings (SSSR count). The molecule has 2 N–H and O–H groups in total. The molecule has 0 saturated carbocycles. The molecule has 0 aliphatic carbocycles. The molecule has 0 unspecified atom stereocenters. The van der Waals surface area contributed by atoms with Crippen molar-refractivity contribution < 1.29 is 19.2 Å². The van der Waals surface area contributed by atoms with Crippen LogP contribution in [0.2, 0.25) is 0 Å². The van der Waals surface area contributed by atoms with Crippen LogP contribution < -0.4 is 5.32 Å². The molecule has 0 radical (unpaired) electrons. The zero-order valence-corrected chi connectivity index (χ0v) is 15.5. The van der Waals surface area contributed by atoms with E-state index in [1.807, 2.05) is 6.07 Å². The third-order valence-corrected chi connectivity index (χ3v) is 4.35. The predicted octanol–water partition coefficient (Wildman–Crippen LogP) is 3.07. The molecule has 2 aromatic heterocycles. The summed E-state index contributed by atoms with van der Waals surface area (Å²) in [5.41, 5.74) is 0.859. The van der Waals surface area contributed by atoms with Crippen molar-refractivity contribution in [3.63, 3.8) is 0 Å². The van der Waals surface area contributed by atoms with Crippen LogP contribution in [-0.4, -0.2) is 32.1 Å². The minimum atomic E-state index is -0.994. The molecule has 3 aromatic rings. The van der Waals surface area contributed by atoms with Crippen LogP contribution in [0.5, 0.6) is 0 Å². The van der Waals surface area contributed by atoms with Gasteiger partial charge in [0.05, 0.1) is 5.41 Å². The molecule has 0 aliphatic heterocycles. The minimum Gasteiger partial charge on any atom is -0.481 e. The van der Waals surface area contributed by atoms with Gasteiger partial charge in [0, 0.05) is 24.7 Å². The first-order chi connectivity index (χ1) is 13.4. The number of benzene rings is 1. The van der Waals surface area contributed by atoms with Crippen molar-refractivity contribution in [1.82, 2.24) is 15.1 Å². The van der Waals surface area contributed by atoms with Gasteiger partial charge < -0.3 is 14.9 Å². The van der Waals surface area contributed by atoms with E-state index >= 15 is 0 Å². The highest BCUT2D eigenvalue weighted by atomic mass is 16.5. The Morgan fingerprint density at radius 1 is 1.14 bits per heavy atom. The number of amides is 1. The first kappa shape index (κ1) is 19.2. The van der Waals surface area contributed by atoms with Gasteiger partial charge in [0.15, 0.2) is 0 Å². The molecule has 0 aliphatic rings. The number of nitrogens with zero attached hydrogens (tertiary/aromatic N) is 3. The zero-order chi connectivity index (χ0) is 20.1. The van der Waals surface area contributed by atoms with E-state index < -0.39 is 11.4 Å². The van der Waals surface area contributed by atoms with Gasteiger partial charge in [-0.15, -0.1) is 0 Å². The monoisotopic (exact) mass is 380 g/mol. The van der Waals surface area contributed by atoms with E-state index in [4.69, 9.17) is 4.52 Å². The first-order valence-electron chi connectivity index (χ1n) is 8.74. The van der Waals surface area contributed by atoms with Crippen molar-refractivity contribution in [2.45, 2.75) is 32.1 Å². The van der Waals surface area contributed by atoms with Crippen LogP contribution >= 0.6 is 0 Å². The lowest BCUT2D eigenvalue weighted by atomic mass is 9.85. The fourth-order valence-corrected chi connectivity index (χ4v) is 2.49. The molecule has 0 spiro atoms. The summed E-state index contributed by atoms with van der Waals surface area (Å²) in [6.45, 7) is 3.26. The molecule has 8 nitrogen and oxygen atoms in total. The number of aliphatic carboxylic acids is 1. The van der Waals surface area contributed by atoms with Crippen LogP contribution in [0.4, 0.5) is 5.69 Å². The number of carbonyl (C=O) groups is 2. The normalized spacial score (nSPS) is 11.2. The Bertz CT molecular complexity index is 965. The predicted molar refractivity (Wildman–Crippen MR) is 102 cm³/mol. The lowest BCUT2D eigenvalue weighted by molar-refractivity contribution is -0.142. The highest BCUT2D eigenvalue weighted by molar-refractivity contribution is 5.91. The fourth-order valence-electron chi connectivity index (χ4n) is 2.49. The van der Waals surface area contributed by atoms with Crippen molar-refractivity contribution in [1.29, 1.82) is 0 Å². The Hall–Kier alpha value is -3.55. The van der Waals surface area contributed by atoms with Crippen LogP contribution in [0.25, 0.3) is 11.5 Å². The number of rotatable bonds is 7. The van der Waals surface area contributed by atoms with Gasteiger partial charge in [-0.2, -0.15) is 4.98 Å². The van der Waals surface area contributed by atoms with Crippen LogP contribution in [0, 0.1) is 0 Å². The Morgan fingerprint density at radius 2 is 1.89 bits per heavy atom. The number of hydrogen-bond acceptors (Lipinski definition) is 6. The van der Waals surface area contributed by atoms with Gasteiger partial charge in [-0.3, -0.25) is 14.6 Å². The van der Waals surface area contributed by atoms with Crippen molar-refractivity contribution >= 4 is 17.6 Å². The smallest absolute Gasteiger partial charge is 0.313 e. The van der Waals surface area contributed by atoms with Crippen molar-refractivity contribution in [3.05, 3.63) is 60.1 Å². The van der Waals surface area contributed by atoms with Crippen LogP contribution in [-0.2, 0) is 21.4 Å². The van der Waals surface area contributed by atoms with Crippen LogP contribution in [0.15, 0.2) is 53.2 Å². The average Bonchev–Trinajstić information content (AvgIpc) is 3.16. The second-order valence-electron chi connectivity index (χ2n) is 6.78. The average molecular weight is 380 g/mol. The molecule has 1 aromatic carbocycles. The maximum Gasteiger partial charge on any atom is 0.313 e. The summed E-state index contributed by atoms with van der Waals surface area (Å²) in [6.07, 6.45) is 2.11. The van der Waals surface area contributed by atoms with Gasteiger partial charge in [-0.25, -0.2) is 0 Å². The summed E-state index contributed by atoms with van der Waals surface area (Å²) in [5, 5.41) is 15.9. The number of carbonyl (C=O) groups excluding carboxylic acids is 1. The number of carboxylic acids is 1. The van der Waals surface area contributed by atoms with E-state index in [2.05, 4.69) is 20.4 Å². The number of pyridine rings is 1. The third-order valence-electron chi connectivity index (χ3n) is 4.35. The van der Waals surface area contributed by atoms with Gasteiger partial charge in [0.25, 0.3) is 0 Å². The Balaban J connectivity index is 1.55. The Morgan fingerprint density at radius 3 is 2.54 bits per heavy atom. The summed E-state index contributed by atoms with van der Waals surface area (Å²) >= 11 is 0. The molecular weight excluding hydrogens is 360 g/mol. The van der Waals surface area contributed by atoms with Crippen molar-refractivity contribution in [2.24, 2.45) is 0 Å². The van der Waals surface area contributed by atoms with Gasteiger partial charge in [0.1, 0.15) is 5.69 Å². The SMILES string of the molecule is CC(C)(C(=O)O)c1ccc(NC(=O)CCc2nc(-c3ccccn3)no2)cc1. The topological polar surface area (TPSA) is 118 Å². The molecule has 8 heteroatoms. The van der Waals surface area contributed by atoms with Gasteiger partial charge in [-0.05, 0) is 43.7 Å². The van der Waals surface area contributed by atoms with Gasteiger partial charge in [-0.1, -0.05) is 23.4 Å². The summed E-state index contributed by atoms with van der Waals surface area (Å²) < 4.78 is 5.16. The highest BCUT2D eigenvalue weighted by Gasteiger charge is 2.29. The summed E-state index contributed by atoms with van der Waals surface area (Å²) in [7, 11) is 0. The Kier molecular flexibility index (Phi) is 5.49. The van der Waals surface area contributed by atoms with Gasteiger partial charge in [0.2, 0.25) is 17.6 Å². The second kappa shape index (κ2) is 7.99. The van der Waals surface area contributed by atoms with Gasteiger partial charge >= 0.3 is 5.97 Å². The third kappa shape index (κ3) is 4.40. The molecule has 0 bridgehead atoms. The molecule has 0 saturated heterocycles. The first-order valence-corrected chi connectivity index (χ1v) is 8.74. The highest BCUT2D eigenvalue weighted by Crippen LogP contribution is 2.25. The lowest BCUT2D eigenvalue weighted by Crippen LogP contribution is -2.28. The molecule has 2 heterocycles. The standard InChI is InChI=1S/C20H20N4O4/c1-20(2,19(26)27)13-6-8-14(9-7-13)22-16(25)10-11-17-23-18(24-28-17)15-5-3-4-12-21-15/h3-9,12H,10-11H2,1-2H3,(H,22,25)(H,26,27). The molecular formula is C20H20N4O4. The fraction of sp³-hybridized carbons (Fsp3) is 0.250.